The van der Waals surface area contributed by atoms with Crippen LogP contribution in [0.25, 0.3) is 0 Å². The summed E-state index contributed by atoms with van der Waals surface area (Å²) in [5.41, 5.74) is 0. The number of carboxylic acid groups (broad SMARTS) is 1. The molecule has 1 aromatic carbocycles. The number of para-hydroxylation sites is 1. The van der Waals surface area contributed by atoms with Gasteiger partial charge in [0.15, 0.2) is 0 Å². The van der Waals surface area contributed by atoms with Gasteiger partial charge in [-0.1, -0.05) is 18.2 Å². The maximum Gasteiger partial charge on any atom is 0.371 e. The average molecular weight is 261 g/mol. The highest BCUT2D eigenvalue weighted by Crippen LogP contribution is 2.08. The molecule has 0 aliphatic rings. The quantitative estimate of drug-likeness (QED) is 0.747. The Morgan fingerprint density at radius 1 is 1.21 bits per heavy atom. The third-order valence-corrected chi connectivity index (χ3v) is 2.46. The van der Waals surface area contributed by atoms with E-state index in [1.165, 1.54) is 6.07 Å². The van der Waals surface area contributed by atoms with Gasteiger partial charge in [0.25, 0.3) is 0 Å². The van der Waals surface area contributed by atoms with Crippen molar-refractivity contribution < 1.29 is 19.1 Å². The van der Waals surface area contributed by atoms with E-state index in [-0.39, 0.29) is 5.76 Å². The lowest BCUT2D eigenvalue weighted by Gasteiger charge is -2.06. The molecule has 1 heterocycles. The van der Waals surface area contributed by atoms with Gasteiger partial charge in [0.1, 0.15) is 18.1 Å². The summed E-state index contributed by atoms with van der Waals surface area (Å²) in [6.45, 7) is 1.67. The first-order chi connectivity index (χ1) is 9.25. The van der Waals surface area contributed by atoms with Crippen LogP contribution >= 0.6 is 0 Å². The molecule has 0 bridgehead atoms. The van der Waals surface area contributed by atoms with Crippen molar-refractivity contribution in [2.75, 3.05) is 13.2 Å². The van der Waals surface area contributed by atoms with Gasteiger partial charge in [-0.25, -0.2) is 4.79 Å². The molecule has 100 valence electrons. The van der Waals surface area contributed by atoms with Gasteiger partial charge in [-0.3, -0.25) is 0 Å². The molecule has 0 aliphatic carbocycles. The van der Waals surface area contributed by atoms with Crippen LogP contribution in [0.3, 0.4) is 0 Å². The van der Waals surface area contributed by atoms with Crippen molar-refractivity contribution in [3.05, 3.63) is 54.0 Å². The van der Waals surface area contributed by atoms with Crippen LogP contribution in [-0.4, -0.2) is 24.2 Å². The van der Waals surface area contributed by atoms with E-state index >= 15 is 0 Å². The highest BCUT2D eigenvalue weighted by molar-refractivity contribution is 5.84. The number of rotatable bonds is 7. The largest absolute Gasteiger partial charge is 0.492 e. The number of ether oxygens (including phenoxy) is 1. The van der Waals surface area contributed by atoms with Crippen molar-refractivity contribution in [3.63, 3.8) is 0 Å². The topological polar surface area (TPSA) is 71.7 Å². The monoisotopic (exact) mass is 261 g/mol. The third kappa shape index (κ3) is 4.15. The predicted molar refractivity (Wildman–Crippen MR) is 69.3 cm³/mol. The Hall–Kier alpha value is -2.27. The maximum absolute atomic E-state index is 10.6. The van der Waals surface area contributed by atoms with E-state index in [0.29, 0.717) is 25.5 Å². The molecule has 1 aromatic heterocycles. The summed E-state index contributed by atoms with van der Waals surface area (Å²) in [7, 11) is 0. The molecule has 0 unspecified atom stereocenters. The predicted octanol–water partition coefficient (Wildman–Crippen LogP) is 2.15. The molecule has 2 aromatic rings. The van der Waals surface area contributed by atoms with E-state index in [9.17, 15) is 4.79 Å². The SMILES string of the molecule is O=C(O)c1ccc(CNCCOc2ccccc2)o1. The Morgan fingerprint density at radius 3 is 2.68 bits per heavy atom. The van der Waals surface area contributed by atoms with Gasteiger partial charge in [-0.2, -0.15) is 0 Å². The fraction of sp³-hybridized carbons (Fsp3) is 0.214. The van der Waals surface area contributed by atoms with Crippen LogP contribution in [0, 0.1) is 0 Å². The first kappa shape index (κ1) is 13.2. The van der Waals surface area contributed by atoms with Gasteiger partial charge in [-0.15, -0.1) is 0 Å². The molecule has 19 heavy (non-hydrogen) atoms. The van der Waals surface area contributed by atoms with E-state index in [4.69, 9.17) is 14.3 Å². The van der Waals surface area contributed by atoms with Crippen LogP contribution in [0.5, 0.6) is 5.75 Å². The number of hydrogen-bond acceptors (Lipinski definition) is 4. The van der Waals surface area contributed by atoms with Crippen LogP contribution in [0.2, 0.25) is 0 Å². The highest BCUT2D eigenvalue weighted by Gasteiger charge is 2.07. The second-order valence-electron chi connectivity index (χ2n) is 3.91. The molecule has 0 radical (unpaired) electrons. The molecule has 0 spiro atoms. The molecule has 2 N–H and O–H groups in total. The Bertz CT molecular complexity index is 521. The van der Waals surface area contributed by atoms with E-state index in [2.05, 4.69) is 5.32 Å². The summed E-state index contributed by atoms with van der Waals surface area (Å²) in [5, 5.41) is 11.8. The number of hydrogen-bond donors (Lipinski definition) is 2. The first-order valence-electron chi connectivity index (χ1n) is 5.96. The average Bonchev–Trinajstić information content (AvgIpc) is 2.89. The minimum Gasteiger partial charge on any atom is -0.492 e. The summed E-state index contributed by atoms with van der Waals surface area (Å²) in [6.07, 6.45) is 0. The molecular weight excluding hydrogens is 246 g/mol. The smallest absolute Gasteiger partial charge is 0.371 e. The number of carboxylic acids is 1. The molecule has 0 saturated heterocycles. The second kappa shape index (κ2) is 6.61. The standard InChI is InChI=1S/C14H15NO4/c16-14(17)13-7-6-12(19-13)10-15-8-9-18-11-4-2-1-3-5-11/h1-7,15H,8-10H2,(H,16,17). The zero-order chi connectivity index (χ0) is 13.5. The van der Waals surface area contributed by atoms with Crippen LogP contribution < -0.4 is 10.1 Å². The Morgan fingerprint density at radius 2 is 2.00 bits per heavy atom. The summed E-state index contributed by atoms with van der Waals surface area (Å²) in [4.78, 5) is 10.6. The Balaban J connectivity index is 1.65. The van der Waals surface area contributed by atoms with Gasteiger partial charge in [0.2, 0.25) is 5.76 Å². The number of aromatic carboxylic acids is 1. The summed E-state index contributed by atoms with van der Waals surface area (Å²) in [5.74, 6) is 0.323. The lowest BCUT2D eigenvalue weighted by molar-refractivity contribution is 0.0660. The van der Waals surface area contributed by atoms with Crippen LogP contribution in [-0.2, 0) is 6.54 Å². The maximum atomic E-state index is 10.6. The van der Waals surface area contributed by atoms with Crippen molar-refractivity contribution in [1.82, 2.24) is 5.32 Å². The second-order valence-corrected chi connectivity index (χ2v) is 3.91. The van der Waals surface area contributed by atoms with Gasteiger partial charge in [0, 0.05) is 6.54 Å². The molecule has 5 heteroatoms. The van der Waals surface area contributed by atoms with E-state index in [0.717, 1.165) is 5.75 Å². The molecule has 5 nitrogen and oxygen atoms in total. The van der Waals surface area contributed by atoms with Crippen molar-refractivity contribution in [1.29, 1.82) is 0 Å². The Kier molecular flexibility index (Phi) is 4.58. The first-order valence-corrected chi connectivity index (χ1v) is 5.96. The lowest BCUT2D eigenvalue weighted by atomic mass is 10.3. The van der Waals surface area contributed by atoms with Crippen LogP contribution in [0.15, 0.2) is 46.9 Å². The van der Waals surface area contributed by atoms with Gasteiger partial charge >= 0.3 is 5.97 Å². The summed E-state index contributed by atoms with van der Waals surface area (Å²) in [6, 6.07) is 12.6. The van der Waals surface area contributed by atoms with E-state index in [1.54, 1.807) is 6.07 Å². The molecule has 0 saturated carbocycles. The highest BCUT2D eigenvalue weighted by atomic mass is 16.5. The summed E-state index contributed by atoms with van der Waals surface area (Å²) < 4.78 is 10.6. The zero-order valence-corrected chi connectivity index (χ0v) is 10.3. The lowest BCUT2D eigenvalue weighted by Crippen LogP contribution is -2.20. The van der Waals surface area contributed by atoms with Crippen LogP contribution in [0.4, 0.5) is 0 Å². The van der Waals surface area contributed by atoms with Gasteiger partial charge in [-0.05, 0) is 24.3 Å². The van der Waals surface area contributed by atoms with Crippen molar-refractivity contribution in [2.24, 2.45) is 0 Å². The molecule has 0 amide bonds. The van der Waals surface area contributed by atoms with E-state index < -0.39 is 5.97 Å². The molecule has 0 aliphatic heterocycles. The minimum atomic E-state index is -1.06. The molecule has 2 rings (SSSR count). The Labute approximate surface area is 110 Å². The molecular formula is C14H15NO4. The fourth-order valence-electron chi connectivity index (χ4n) is 1.56. The molecule has 0 fully saturated rings. The number of benzene rings is 1. The zero-order valence-electron chi connectivity index (χ0n) is 10.3. The summed E-state index contributed by atoms with van der Waals surface area (Å²) >= 11 is 0. The van der Waals surface area contributed by atoms with E-state index in [1.807, 2.05) is 30.3 Å². The number of nitrogens with one attached hydrogen (secondary N) is 1. The molecule has 0 atom stereocenters. The van der Waals surface area contributed by atoms with Crippen molar-refractivity contribution >= 4 is 5.97 Å². The number of carbonyl (C=O) groups is 1. The van der Waals surface area contributed by atoms with Gasteiger partial charge in [0.05, 0.1) is 6.54 Å². The minimum absolute atomic E-state index is 0.0441. The normalized spacial score (nSPS) is 10.3. The van der Waals surface area contributed by atoms with Gasteiger partial charge < -0.3 is 19.6 Å². The van der Waals surface area contributed by atoms with Crippen molar-refractivity contribution in [3.8, 4) is 5.75 Å². The fourth-order valence-corrected chi connectivity index (χ4v) is 1.56. The third-order valence-electron chi connectivity index (χ3n) is 2.46. The van der Waals surface area contributed by atoms with Crippen LogP contribution in [0.1, 0.15) is 16.3 Å². The number of furan rings is 1. The van der Waals surface area contributed by atoms with Crippen molar-refractivity contribution in [2.45, 2.75) is 6.54 Å².